The number of piperidine rings is 2. The van der Waals surface area contributed by atoms with Gasteiger partial charge in [-0.3, -0.25) is 9.59 Å². The van der Waals surface area contributed by atoms with Crippen LogP contribution >= 0.6 is 22.6 Å². The molecule has 0 spiro atoms. The lowest BCUT2D eigenvalue weighted by Crippen LogP contribution is -2.54. The van der Waals surface area contributed by atoms with E-state index >= 15 is 0 Å². The van der Waals surface area contributed by atoms with Gasteiger partial charge in [-0.05, 0) is 41.4 Å². The molecule has 6 nitrogen and oxygen atoms in total. The van der Waals surface area contributed by atoms with Crippen LogP contribution in [0.4, 0.5) is 5.82 Å². The number of H-pyrrole nitrogens is 1. The van der Waals surface area contributed by atoms with Crippen LogP contribution in [-0.2, 0) is 4.79 Å². The second-order valence-electron chi connectivity index (χ2n) is 5.08. The van der Waals surface area contributed by atoms with Crippen molar-refractivity contribution in [3.63, 3.8) is 0 Å². The summed E-state index contributed by atoms with van der Waals surface area (Å²) in [5, 5.41) is 3.06. The van der Waals surface area contributed by atoms with E-state index in [0.29, 0.717) is 15.9 Å². The SMILES string of the molecule is O=C1CCC2CN(c3nc[nH]c(=O)c3I)CCC2N1. The monoisotopic (exact) mass is 374 g/mol. The van der Waals surface area contributed by atoms with Gasteiger partial charge in [-0.2, -0.15) is 0 Å². The molecule has 1 amide bonds. The van der Waals surface area contributed by atoms with Crippen LogP contribution in [0.2, 0.25) is 0 Å². The van der Waals surface area contributed by atoms with Gasteiger partial charge < -0.3 is 15.2 Å². The van der Waals surface area contributed by atoms with E-state index in [1.54, 1.807) is 0 Å². The summed E-state index contributed by atoms with van der Waals surface area (Å²) < 4.78 is 0.637. The van der Waals surface area contributed by atoms with E-state index in [1.807, 2.05) is 22.6 Å². The molecule has 2 fully saturated rings. The van der Waals surface area contributed by atoms with Crippen molar-refractivity contribution in [3.8, 4) is 0 Å². The molecule has 0 aromatic carbocycles. The molecule has 2 aliphatic rings. The first-order valence-corrected chi connectivity index (χ1v) is 7.50. The molecule has 19 heavy (non-hydrogen) atoms. The molecule has 2 saturated heterocycles. The van der Waals surface area contributed by atoms with Gasteiger partial charge in [-0.1, -0.05) is 0 Å². The summed E-state index contributed by atoms with van der Waals surface area (Å²) in [6.45, 7) is 1.69. The maximum Gasteiger partial charge on any atom is 0.266 e. The van der Waals surface area contributed by atoms with Crippen LogP contribution in [0.3, 0.4) is 0 Å². The van der Waals surface area contributed by atoms with Gasteiger partial charge in [0.15, 0.2) is 0 Å². The molecule has 7 heteroatoms. The fraction of sp³-hybridized carbons (Fsp3) is 0.583. The predicted octanol–water partition coefficient (Wildman–Crippen LogP) is 0.479. The Morgan fingerprint density at radius 2 is 2.21 bits per heavy atom. The van der Waals surface area contributed by atoms with E-state index < -0.39 is 0 Å². The van der Waals surface area contributed by atoms with Gasteiger partial charge in [0, 0.05) is 25.6 Å². The third kappa shape index (κ3) is 2.47. The summed E-state index contributed by atoms with van der Waals surface area (Å²) in [5.41, 5.74) is -0.0929. The normalized spacial score (nSPS) is 26.8. The molecule has 0 radical (unpaired) electrons. The third-order valence-electron chi connectivity index (χ3n) is 3.90. The van der Waals surface area contributed by atoms with Gasteiger partial charge in [0.25, 0.3) is 5.56 Å². The Bertz CT molecular complexity index is 559. The highest BCUT2D eigenvalue weighted by Gasteiger charge is 2.34. The Hall–Kier alpha value is -1.12. The number of hydrogen-bond acceptors (Lipinski definition) is 4. The topological polar surface area (TPSA) is 78.1 Å². The minimum Gasteiger partial charge on any atom is -0.355 e. The number of carbonyl (C=O) groups excluding carboxylic acids is 1. The third-order valence-corrected chi connectivity index (χ3v) is 4.87. The van der Waals surface area contributed by atoms with Gasteiger partial charge in [-0.25, -0.2) is 4.98 Å². The summed E-state index contributed by atoms with van der Waals surface area (Å²) >= 11 is 2.04. The van der Waals surface area contributed by atoms with Gasteiger partial charge in [0.05, 0.1) is 6.33 Å². The van der Waals surface area contributed by atoms with Crippen molar-refractivity contribution in [3.05, 3.63) is 20.3 Å². The van der Waals surface area contributed by atoms with E-state index in [9.17, 15) is 9.59 Å². The fourth-order valence-corrected chi connectivity index (χ4v) is 3.53. The summed E-state index contributed by atoms with van der Waals surface area (Å²) in [7, 11) is 0. The largest absolute Gasteiger partial charge is 0.355 e. The van der Waals surface area contributed by atoms with Gasteiger partial charge >= 0.3 is 0 Å². The van der Waals surface area contributed by atoms with Gasteiger partial charge in [-0.15, -0.1) is 0 Å². The van der Waals surface area contributed by atoms with Crippen LogP contribution in [0, 0.1) is 9.49 Å². The zero-order valence-corrected chi connectivity index (χ0v) is 12.5. The van der Waals surface area contributed by atoms with E-state index in [0.717, 1.165) is 31.7 Å². The van der Waals surface area contributed by atoms with Crippen molar-refractivity contribution < 1.29 is 4.79 Å². The summed E-state index contributed by atoms with van der Waals surface area (Å²) in [4.78, 5) is 32.0. The summed E-state index contributed by atoms with van der Waals surface area (Å²) in [5.74, 6) is 1.39. The Balaban J connectivity index is 1.80. The number of rotatable bonds is 1. The van der Waals surface area contributed by atoms with Crippen LogP contribution in [0.15, 0.2) is 11.1 Å². The Morgan fingerprint density at radius 3 is 3.05 bits per heavy atom. The highest BCUT2D eigenvalue weighted by molar-refractivity contribution is 14.1. The Morgan fingerprint density at radius 1 is 1.37 bits per heavy atom. The van der Waals surface area contributed by atoms with Crippen LogP contribution < -0.4 is 15.8 Å². The average molecular weight is 374 g/mol. The van der Waals surface area contributed by atoms with Gasteiger partial charge in [0.2, 0.25) is 5.91 Å². The first kappa shape index (κ1) is 12.9. The molecule has 2 aliphatic heterocycles. The molecule has 3 heterocycles. The maximum absolute atomic E-state index is 11.6. The van der Waals surface area contributed by atoms with E-state index in [2.05, 4.69) is 20.2 Å². The number of hydrogen-bond donors (Lipinski definition) is 2. The standard InChI is InChI=1S/C12H15IN4O2/c13-10-11(14-6-15-12(10)19)17-4-3-8-7(5-17)1-2-9(18)16-8/h6-8H,1-5H2,(H,16,18)(H,14,15,19). The van der Waals surface area contributed by atoms with E-state index in [4.69, 9.17) is 0 Å². The predicted molar refractivity (Wildman–Crippen MR) is 79.1 cm³/mol. The number of fused-ring (bicyclic) bond motifs is 1. The number of halogens is 1. The molecule has 102 valence electrons. The van der Waals surface area contributed by atoms with Crippen LogP contribution in [-0.4, -0.2) is 35.0 Å². The lowest BCUT2D eigenvalue weighted by Gasteiger charge is -2.42. The lowest BCUT2D eigenvalue weighted by atomic mass is 9.85. The minimum absolute atomic E-state index is 0.0929. The van der Waals surface area contributed by atoms with Crippen molar-refractivity contribution in [1.29, 1.82) is 0 Å². The number of nitrogens with zero attached hydrogens (tertiary/aromatic N) is 2. The lowest BCUT2D eigenvalue weighted by molar-refractivity contribution is -0.124. The average Bonchev–Trinajstić information content (AvgIpc) is 2.41. The minimum atomic E-state index is -0.0929. The molecule has 0 bridgehead atoms. The summed E-state index contributed by atoms with van der Waals surface area (Å²) in [6.07, 6.45) is 3.90. The van der Waals surface area contributed by atoms with E-state index in [1.165, 1.54) is 6.33 Å². The molecule has 0 aliphatic carbocycles. The zero-order chi connectivity index (χ0) is 13.4. The van der Waals surface area contributed by atoms with Crippen molar-refractivity contribution in [2.45, 2.75) is 25.3 Å². The molecule has 2 atom stereocenters. The van der Waals surface area contributed by atoms with Crippen molar-refractivity contribution in [2.24, 2.45) is 5.92 Å². The number of nitrogens with one attached hydrogen (secondary N) is 2. The zero-order valence-electron chi connectivity index (χ0n) is 10.4. The van der Waals surface area contributed by atoms with Crippen molar-refractivity contribution in [2.75, 3.05) is 18.0 Å². The number of aromatic nitrogens is 2. The first-order valence-electron chi connectivity index (χ1n) is 6.42. The summed E-state index contributed by atoms with van der Waals surface area (Å²) in [6, 6.07) is 0.289. The Kier molecular flexibility index (Phi) is 3.46. The second kappa shape index (κ2) is 5.10. The molecule has 1 aromatic heterocycles. The number of anilines is 1. The Labute approximate surface area is 124 Å². The highest BCUT2D eigenvalue weighted by Crippen LogP contribution is 2.28. The molecule has 1 aromatic rings. The number of carbonyl (C=O) groups is 1. The molecule has 2 N–H and O–H groups in total. The quantitative estimate of drug-likeness (QED) is 0.701. The van der Waals surface area contributed by atoms with Crippen LogP contribution in [0.25, 0.3) is 0 Å². The van der Waals surface area contributed by atoms with Crippen molar-refractivity contribution in [1.82, 2.24) is 15.3 Å². The second-order valence-corrected chi connectivity index (χ2v) is 6.16. The maximum atomic E-state index is 11.6. The molecule has 3 rings (SSSR count). The number of amides is 1. The van der Waals surface area contributed by atoms with Gasteiger partial charge in [0.1, 0.15) is 9.39 Å². The molecular weight excluding hydrogens is 359 g/mol. The fourth-order valence-electron chi connectivity index (χ4n) is 2.90. The molecule has 0 saturated carbocycles. The van der Waals surface area contributed by atoms with Crippen LogP contribution in [0.5, 0.6) is 0 Å². The van der Waals surface area contributed by atoms with Crippen molar-refractivity contribution >= 4 is 34.3 Å². The van der Waals surface area contributed by atoms with E-state index in [-0.39, 0.29) is 17.5 Å². The highest BCUT2D eigenvalue weighted by atomic mass is 127. The smallest absolute Gasteiger partial charge is 0.266 e. The molecule has 2 unspecified atom stereocenters. The van der Waals surface area contributed by atoms with Crippen LogP contribution in [0.1, 0.15) is 19.3 Å². The number of aromatic amines is 1. The first-order chi connectivity index (χ1) is 9.15. The molecular formula is C12H15IN4O2.